The van der Waals surface area contributed by atoms with Crippen LogP contribution in [0.4, 0.5) is 5.69 Å². The fraction of sp³-hybridized carbons (Fsp3) is 0. The van der Waals surface area contributed by atoms with Crippen LogP contribution in [0.25, 0.3) is 6.08 Å². The second-order valence-electron chi connectivity index (χ2n) is 4.08. The van der Waals surface area contributed by atoms with E-state index in [9.17, 15) is 9.00 Å². The Morgan fingerprint density at radius 1 is 1.10 bits per heavy atom. The monoisotopic (exact) mass is 383 g/mol. The standard InChI is InChI=1S/C15H11BrClNO2S/c16-12-4-6-13(7-5-12)18-21(20)14-8-1-11(2-9-14)3-10-15(17)19/h1-10,18H/b10-3+. The van der Waals surface area contributed by atoms with Crippen molar-refractivity contribution in [2.45, 2.75) is 4.90 Å². The van der Waals surface area contributed by atoms with E-state index in [0.717, 1.165) is 15.7 Å². The lowest BCUT2D eigenvalue weighted by atomic mass is 10.2. The van der Waals surface area contributed by atoms with Crippen LogP contribution >= 0.6 is 27.5 Å². The molecule has 1 N–H and O–H groups in total. The van der Waals surface area contributed by atoms with Crippen molar-refractivity contribution in [1.82, 2.24) is 0 Å². The number of allylic oxidation sites excluding steroid dienone is 1. The van der Waals surface area contributed by atoms with Gasteiger partial charge in [-0.2, -0.15) is 0 Å². The third-order valence-electron chi connectivity index (χ3n) is 2.56. The summed E-state index contributed by atoms with van der Waals surface area (Å²) in [6.07, 6.45) is 2.87. The Hall–Kier alpha value is -1.43. The van der Waals surface area contributed by atoms with Crippen molar-refractivity contribution in [3.63, 3.8) is 0 Å². The predicted octanol–water partition coefficient (Wildman–Crippen LogP) is 4.36. The highest BCUT2D eigenvalue weighted by Gasteiger charge is 2.03. The van der Waals surface area contributed by atoms with E-state index in [4.69, 9.17) is 11.6 Å². The zero-order valence-corrected chi connectivity index (χ0v) is 13.9. The Balaban J connectivity index is 2.06. The van der Waals surface area contributed by atoms with E-state index in [1.54, 1.807) is 30.3 Å². The number of benzene rings is 2. The summed E-state index contributed by atoms with van der Waals surface area (Å²) in [4.78, 5) is 11.3. The second kappa shape index (κ2) is 7.54. The molecule has 2 rings (SSSR count). The first-order valence-corrected chi connectivity index (χ1v) is 8.28. The average Bonchev–Trinajstić information content (AvgIpc) is 2.48. The van der Waals surface area contributed by atoms with E-state index in [2.05, 4.69) is 20.7 Å². The highest BCUT2D eigenvalue weighted by Crippen LogP contribution is 2.17. The molecule has 2 aromatic carbocycles. The Bertz CT molecular complexity index is 684. The normalized spacial score (nSPS) is 12.3. The molecule has 0 aliphatic heterocycles. The molecule has 0 radical (unpaired) electrons. The van der Waals surface area contributed by atoms with Crippen LogP contribution < -0.4 is 4.72 Å². The first-order valence-electron chi connectivity index (χ1n) is 5.96. The van der Waals surface area contributed by atoms with Crippen LogP contribution in [0.1, 0.15) is 5.56 Å². The van der Waals surface area contributed by atoms with Crippen LogP contribution in [-0.4, -0.2) is 9.45 Å². The molecule has 0 spiro atoms. The van der Waals surface area contributed by atoms with Gasteiger partial charge in [-0.3, -0.25) is 4.79 Å². The maximum Gasteiger partial charge on any atom is 0.245 e. The second-order valence-corrected chi connectivity index (χ2v) is 6.59. The molecule has 21 heavy (non-hydrogen) atoms. The van der Waals surface area contributed by atoms with Crippen molar-refractivity contribution >= 4 is 55.5 Å². The zero-order chi connectivity index (χ0) is 15.2. The molecule has 0 bridgehead atoms. The number of carbonyl (C=O) groups excluding carboxylic acids is 1. The van der Waals surface area contributed by atoms with Gasteiger partial charge < -0.3 is 4.72 Å². The lowest BCUT2D eigenvalue weighted by Crippen LogP contribution is -2.04. The van der Waals surface area contributed by atoms with E-state index in [0.29, 0.717) is 4.90 Å². The Labute approximate surface area is 138 Å². The van der Waals surface area contributed by atoms with Crippen molar-refractivity contribution in [3.05, 3.63) is 64.6 Å². The summed E-state index contributed by atoms with van der Waals surface area (Å²) < 4.78 is 16.0. The zero-order valence-electron chi connectivity index (χ0n) is 10.8. The minimum atomic E-state index is -1.34. The fourth-order valence-electron chi connectivity index (χ4n) is 1.55. The molecule has 0 aromatic heterocycles. The van der Waals surface area contributed by atoms with Gasteiger partial charge in [0.15, 0.2) is 0 Å². The third kappa shape index (κ3) is 5.12. The molecule has 6 heteroatoms. The van der Waals surface area contributed by atoms with E-state index >= 15 is 0 Å². The molecular weight excluding hydrogens is 374 g/mol. The lowest BCUT2D eigenvalue weighted by Gasteiger charge is -2.06. The molecule has 1 unspecified atom stereocenters. The molecule has 0 amide bonds. The average molecular weight is 385 g/mol. The van der Waals surface area contributed by atoms with Gasteiger partial charge in [-0.25, -0.2) is 4.21 Å². The van der Waals surface area contributed by atoms with Crippen LogP contribution in [0.5, 0.6) is 0 Å². The number of halogens is 2. The summed E-state index contributed by atoms with van der Waals surface area (Å²) in [5.41, 5.74) is 1.58. The highest BCUT2D eigenvalue weighted by atomic mass is 79.9. The summed E-state index contributed by atoms with van der Waals surface area (Å²) in [5, 5.41) is -0.528. The molecule has 2 aromatic rings. The van der Waals surface area contributed by atoms with Gasteiger partial charge >= 0.3 is 0 Å². The Kier molecular flexibility index (Phi) is 5.73. The molecule has 108 valence electrons. The molecule has 1 atom stereocenters. The van der Waals surface area contributed by atoms with Gasteiger partial charge in [0.2, 0.25) is 5.24 Å². The van der Waals surface area contributed by atoms with Crippen molar-refractivity contribution in [2.75, 3.05) is 4.72 Å². The summed E-state index contributed by atoms with van der Waals surface area (Å²) >= 11 is 8.57. The van der Waals surface area contributed by atoms with Gasteiger partial charge in [-0.15, -0.1) is 0 Å². The minimum absolute atomic E-state index is 0.528. The number of hydrogen-bond acceptors (Lipinski definition) is 2. The van der Waals surface area contributed by atoms with Crippen LogP contribution in [0.3, 0.4) is 0 Å². The van der Waals surface area contributed by atoms with E-state index < -0.39 is 16.2 Å². The lowest BCUT2D eigenvalue weighted by molar-refractivity contribution is -0.107. The van der Waals surface area contributed by atoms with Crippen LogP contribution in [0.2, 0.25) is 0 Å². The molecule has 0 fully saturated rings. The molecule has 3 nitrogen and oxygen atoms in total. The fourth-order valence-corrected chi connectivity index (χ4v) is 2.73. The van der Waals surface area contributed by atoms with Gasteiger partial charge in [0.05, 0.1) is 4.90 Å². The molecular formula is C15H11BrClNO2S. The Morgan fingerprint density at radius 3 is 2.29 bits per heavy atom. The van der Waals surface area contributed by atoms with Crippen molar-refractivity contribution < 1.29 is 9.00 Å². The van der Waals surface area contributed by atoms with Gasteiger partial charge in [0.25, 0.3) is 0 Å². The van der Waals surface area contributed by atoms with Crippen LogP contribution in [-0.2, 0) is 15.8 Å². The van der Waals surface area contributed by atoms with E-state index in [1.165, 1.54) is 6.08 Å². The molecule has 0 saturated heterocycles. The smallest absolute Gasteiger partial charge is 0.245 e. The van der Waals surface area contributed by atoms with E-state index in [1.807, 2.05) is 24.3 Å². The largest absolute Gasteiger partial charge is 0.301 e. The van der Waals surface area contributed by atoms with Gasteiger partial charge in [-0.05, 0) is 59.6 Å². The maximum absolute atomic E-state index is 12.2. The topological polar surface area (TPSA) is 46.2 Å². The molecule has 0 saturated carbocycles. The first-order chi connectivity index (χ1) is 10.0. The van der Waals surface area contributed by atoms with E-state index in [-0.39, 0.29) is 0 Å². The number of nitrogens with one attached hydrogen (secondary N) is 1. The summed E-state index contributed by atoms with van der Waals surface area (Å²) in [6.45, 7) is 0. The quantitative estimate of drug-likeness (QED) is 0.615. The maximum atomic E-state index is 12.2. The summed E-state index contributed by atoms with van der Waals surface area (Å²) in [7, 11) is -1.34. The van der Waals surface area contributed by atoms with Gasteiger partial charge in [0.1, 0.15) is 11.0 Å². The van der Waals surface area contributed by atoms with Crippen LogP contribution in [0.15, 0.2) is 64.0 Å². The highest BCUT2D eigenvalue weighted by molar-refractivity contribution is 9.10. The molecule has 0 aliphatic carbocycles. The number of hydrogen-bond donors (Lipinski definition) is 1. The first kappa shape index (κ1) is 15.9. The Morgan fingerprint density at radius 2 is 1.71 bits per heavy atom. The number of rotatable bonds is 5. The number of anilines is 1. The summed E-state index contributed by atoms with van der Waals surface area (Å²) in [5.74, 6) is 0. The summed E-state index contributed by atoms with van der Waals surface area (Å²) in [6, 6.07) is 14.4. The minimum Gasteiger partial charge on any atom is -0.301 e. The molecule has 0 heterocycles. The van der Waals surface area contributed by atoms with Gasteiger partial charge in [0, 0.05) is 10.2 Å². The number of carbonyl (C=O) groups is 1. The predicted molar refractivity (Wildman–Crippen MR) is 90.5 cm³/mol. The van der Waals surface area contributed by atoms with Crippen molar-refractivity contribution in [1.29, 1.82) is 0 Å². The van der Waals surface area contributed by atoms with Crippen LogP contribution in [0, 0.1) is 0 Å². The van der Waals surface area contributed by atoms with Crippen molar-refractivity contribution in [2.24, 2.45) is 0 Å². The SMILES string of the molecule is O=C(Cl)/C=C/c1ccc(S(=O)Nc2ccc(Br)cc2)cc1. The van der Waals surface area contributed by atoms with Gasteiger partial charge in [-0.1, -0.05) is 34.1 Å². The molecule has 0 aliphatic rings. The van der Waals surface area contributed by atoms with Crippen molar-refractivity contribution in [3.8, 4) is 0 Å². The third-order valence-corrected chi connectivity index (χ3v) is 4.33.